The number of carboxylic acid groups (broad SMARTS) is 1. The summed E-state index contributed by atoms with van der Waals surface area (Å²) in [6.45, 7) is 3.08. The van der Waals surface area contributed by atoms with Gasteiger partial charge in [0.1, 0.15) is 11.6 Å². The minimum Gasteiger partial charge on any atom is -0.478 e. The van der Waals surface area contributed by atoms with Crippen LogP contribution in [0.25, 0.3) is 11.1 Å². The van der Waals surface area contributed by atoms with Gasteiger partial charge in [0.15, 0.2) is 0 Å². The molecule has 1 unspecified atom stereocenters. The fourth-order valence-electron chi connectivity index (χ4n) is 5.05. The fourth-order valence-corrected chi connectivity index (χ4v) is 5.05. The van der Waals surface area contributed by atoms with Crippen molar-refractivity contribution >= 4 is 23.3 Å². The van der Waals surface area contributed by atoms with Crippen LogP contribution in [0.1, 0.15) is 53.4 Å². The highest BCUT2D eigenvalue weighted by molar-refractivity contribution is 6.21. The second kappa shape index (κ2) is 10.6. The third kappa shape index (κ3) is 5.09. The molecule has 2 aliphatic rings. The Kier molecular flexibility index (Phi) is 7.09. The minimum atomic E-state index is -1.18. The Balaban J connectivity index is 1.48. The number of aliphatic imine (C=N–C) groups is 1. The first-order valence-electron chi connectivity index (χ1n) is 12.7. The highest BCUT2D eigenvalue weighted by Gasteiger charge is 2.46. The summed E-state index contributed by atoms with van der Waals surface area (Å²) in [6.07, 6.45) is 4.60. The van der Waals surface area contributed by atoms with Gasteiger partial charge >= 0.3 is 5.97 Å². The molecule has 2 fully saturated rings. The van der Waals surface area contributed by atoms with Crippen LogP contribution in [0.4, 0.5) is 10.1 Å². The molecule has 3 aromatic rings. The Morgan fingerprint density at radius 1 is 1.16 bits per heavy atom. The number of aromatic nitrogens is 1. The maximum absolute atomic E-state index is 15.6. The number of carbonyl (C=O) groups is 2. The zero-order chi connectivity index (χ0) is 26.8. The van der Waals surface area contributed by atoms with Gasteiger partial charge in [-0.05, 0) is 56.4 Å². The molecule has 2 heterocycles. The Morgan fingerprint density at radius 2 is 1.92 bits per heavy atom. The van der Waals surface area contributed by atoms with E-state index in [0.29, 0.717) is 42.2 Å². The molecular formula is C29H29FN4O4. The first kappa shape index (κ1) is 25.4. The van der Waals surface area contributed by atoms with Crippen molar-refractivity contribution in [1.29, 1.82) is 0 Å². The number of aliphatic carboxylic acids is 1. The number of likely N-dealkylation sites (tertiary alicyclic amines) is 1. The molecule has 9 heteroatoms. The maximum atomic E-state index is 15.6. The van der Waals surface area contributed by atoms with Crippen LogP contribution in [0, 0.1) is 18.7 Å². The summed E-state index contributed by atoms with van der Waals surface area (Å²) < 4.78 is 21.0. The van der Waals surface area contributed by atoms with E-state index < -0.39 is 11.8 Å². The first-order valence-corrected chi connectivity index (χ1v) is 12.7. The van der Waals surface area contributed by atoms with E-state index in [9.17, 15) is 14.7 Å². The zero-order valence-electron chi connectivity index (χ0n) is 21.1. The van der Waals surface area contributed by atoms with Crippen LogP contribution in [0.3, 0.4) is 0 Å². The standard InChI is InChI=1S/C29H29FN4O4/c1-17-13-25(38-33-17)22-15-23(22)27(24(16-31)29(36)37)32-19-8-5-7-18(14-19)20-9-6-10-21(26(20)30)28(35)34-11-3-2-4-12-34/h5-10,13-14,16,22-23H,2-4,11-12,15,31H2,1H3,(H,36,37)/t22?,23-/m1/s1. The van der Waals surface area contributed by atoms with Crippen molar-refractivity contribution in [3.8, 4) is 11.1 Å². The molecule has 1 amide bonds. The van der Waals surface area contributed by atoms with Crippen molar-refractivity contribution < 1.29 is 23.6 Å². The van der Waals surface area contributed by atoms with Crippen molar-refractivity contribution in [2.24, 2.45) is 16.6 Å². The molecule has 0 radical (unpaired) electrons. The van der Waals surface area contributed by atoms with E-state index in [1.807, 2.05) is 13.0 Å². The molecular weight excluding hydrogens is 487 g/mol. The predicted octanol–water partition coefficient (Wildman–Crippen LogP) is 5.22. The van der Waals surface area contributed by atoms with Crippen molar-refractivity contribution in [3.05, 3.63) is 83.1 Å². The van der Waals surface area contributed by atoms with Crippen LogP contribution in [0.5, 0.6) is 0 Å². The van der Waals surface area contributed by atoms with Crippen LogP contribution in [0.15, 0.2) is 69.8 Å². The molecule has 5 rings (SSSR count). The maximum Gasteiger partial charge on any atom is 0.339 e. The molecule has 2 atom stereocenters. The lowest BCUT2D eigenvalue weighted by atomic mass is 10.00. The van der Waals surface area contributed by atoms with Crippen molar-refractivity contribution in [1.82, 2.24) is 10.1 Å². The first-order chi connectivity index (χ1) is 18.4. The van der Waals surface area contributed by atoms with E-state index in [4.69, 9.17) is 10.3 Å². The summed E-state index contributed by atoms with van der Waals surface area (Å²) >= 11 is 0. The number of piperidine rings is 1. The van der Waals surface area contributed by atoms with Gasteiger partial charge in [-0.2, -0.15) is 0 Å². The second-order valence-corrected chi connectivity index (χ2v) is 9.77. The average Bonchev–Trinajstić information content (AvgIpc) is 3.60. The molecule has 196 valence electrons. The molecule has 1 aliphatic carbocycles. The van der Waals surface area contributed by atoms with E-state index in [1.165, 1.54) is 6.07 Å². The molecule has 1 aliphatic heterocycles. The topological polar surface area (TPSA) is 122 Å². The third-order valence-electron chi connectivity index (χ3n) is 7.11. The summed E-state index contributed by atoms with van der Waals surface area (Å²) in [5.41, 5.74) is 7.96. The monoisotopic (exact) mass is 516 g/mol. The normalized spacial score (nSPS) is 19.9. The molecule has 0 spiro atoms. The van der Waals surface area contributed by atoms with Gasteiger partial charge in [-0.3, -0.25) is 9.79 Å². The lowest BCUT2D eigenvalue weighted by Gasteiger charge is -2.27. The lowest BCUT2D eigenvalue weighted by Crippen LogP contribution is -2.36. The van der Waals surface area contributed by atoms with Crippen LogP contribution < -0.4 is 5.73 Å². The lowest BCUT2D eigenvalue weighted by molar-refractivity contribution is -0.132. The number of halogens is 1. The Morgan fingerprint density at radius 3 is 2.61 bits per heavy atom. The number of carbonyl (C=O) groups excluding carboxylic acids is 1. The van der Waals surface area contributed by atoms with Gasteiger partial charge in [0.05, 0.1) is 28.2 Å². The van der Waals surface area contributed by atoms with Gasteiger partial charge in [0, 0.05) is 42.8 Å². The zero-order valence-corrected chi connectivity index (χ0v) is 21.1. The van der Waals surface area contributed by atoms with Crippen molar-refractivity contribution in [2.45, 2.75) is 38.5 Å². The molecule has 2 aromatic carbocycles. The summed E-state index contributed by atoms with van der Waals surface area (Å²) in [6, 6.07) is 13.5. The van der Waals surface area contributed by atoms with Gasteiger partial charge in [0.25, 0.3) is 5.91 Å². The number of hydrogen-bond donors (Lipinski definition) is 2. The third-order valence-corrected chi connectivity index (χ3v) is 7.11. The molecule has 38 heavy (non-hydrogen) atoms. The van der Waals surface area contributed by atoms with E-state index in [0.717, 1.165) is 31.2 Å². The molecule has 0 bridgehead atoms. The van der Waals surface area contributed by atoms with E-state index in [-0.39, 0.29) is 34.4 Å². The second-order valence-electron chi connectivity index (χ2n) is 9.77. The van der Waals surface area contributed by atoms with Gasteiger partial charge in [-0.1, -0.05) is 29.4 Å². The number of benzene rings is 2. The Hall–Kier alpha value is -4.27. The van der Waals surface area contributed by atoms with Crippen molar-refractivity contribution in [3.63, 3.8) is 0 Å². The van der Waals surface area contributed by atoms with Crippen LogP contribution in [-0.2, 0) is 4.79 Å². The van der Waals surface area contributed by atoms with Crippen LogP contribution in [0.2, 0.25) is 0 Å². The van der Waals surface area contributed by atoms with E-state index in [2.05, 4.69) is 10.1 Å². The number of nitrogens with zero attached hydrogens (tertiary/aromatic N) is 3. The SMILES string of the molecule is Cc1cc(C2C[C@H]2C(=Nc2cccc(-c3cccc(C(=O)N4CCCCC4)c3F)c2)C(=CN)C(=O)O)on1. The molecule has 1 saturated carbocycles. The summed E-state index contributed by atoms with van der Waals surface area (Å²) in [5.74, 6) is -1.66. The van der Waals surface area contributed by atoms with E-state index >= 15 is 4.39 Å². The molecule has 1 saturated heterocycles. The number of carboxylic acids is 1. The Bertz CT molecular complexity index is 1440. The van der Waals surface area contributed by atoms with Gasteiger partial charge in [-0.25, -0.2) is 9.18 Å². The molecule has 8 nitrogen and oxygen atoms in total. The minimum absolute atomic E-state index is 0.0430. The van der Waals surface area contributed by atoms with Crippen LogP contribution >= 0.6 is 0 Å². The average molecular weight is 517 g/mol. The number of aryl methyl sites for hydroxylation is 1. The number of hydrogen-bond acceptors (Lipinski definition) is 6. The van der Waals surface area contributed by atoms with Gasteiger partial charge in [0.2, 0.25) is 0 Å². The van der Waals surface area contributed by atoms with Gasteiger partial charge < -0.3 is 20.3 Å². The number of rotatable bonds is 7. The quantitative estimate of drug-likeness (QED) is 0.328. The summed E-state index contributed by atoms with van der Waals surface area (Å²) in [7, 11) is 0. The van der Waals surface area contributed by atoms with Gasteiger partial charge in [-0.15, -0.1) is 0 Å². The smallest absolute Gasteiger partial charge is 0.339 e. The summed E-state index contributed by atoms with van der Waals surface area (Å²) in [4.78, 5) is 31.3. The number of nitrogens with two attached hydrogens (primary N) is 1. The molecule has 1 aromatic heterocycles. The largest absolute Gasteiger partial charge is 0.478 e. The highest BCUT2D eigenvalue weighted by Crippen LogP contribution is 2.50. The predicted molar refractivity (Wildman–Crippen MR) is 141 cm³/mol. The highest BCUT2D eigenvalue weighted by atomic mass is 19.1. The van der Waals surface area contributed by atoms with Crippen LogP contribution in [-0.4, -0.2) is 45.8 Å². The summed E-state index contributed by atoms with van der Waals surface area (Å²) in [5, 5.41) is 13.7. The fraction of sp³-hybridized carbons (Fsp3) is 0.310. The number of amides is 1. The molecule has 3 N–H and O–H groups in total. The van der Waals surface area contributed by atoms with Crippen molar-refractivity contribution in [2.75, 3.05) is 13.1 Å². The van der Waals surface area contributed by atoms with E-state index in [1.54, 1.807) is 41.3 Å². The Labute approximate surface area is 219 Å².